The van der Waals surface area contributed by atoms with Gasteiger partial charge in [-0.15, -0.1) is 0 Å². The molecule has 1 amide bonds. The zero-order valence-corrected chi connectivity index (χ0v) is 10.9. The Morgan fingerprint density at radius 2 is 1.94 bits per heavy atom. The molecule has 0 spiro atoms. The van der Waals surface area contributed by atoms with E-state index < -0.39 is 0 Å². The number of ether oxygens (including phenoxy) is 1. The third-order valence-electron chi connectivity index (χ3n) is 3.41. The van der Waals surface area contributed by atoms with Gasteiger partial charge in [0.25, 0.3) is 0 Å². The molecule has 1 N–H and O–H groups in total. The van der Waals surface area contributed by atoms with E-state index in [9.17, 15) is 4.79 Å². The molecule has 1 heterocycles. The Kier molecular flexibility index (Phi) is 4.76. The van der Waals surface area contributed by atoms with E-state index in [2.05, 4.69) is 12.2 Å². The second kappa shape index (κ2) is 6.55. The Bertz CT molecular complexity index is 380. The highest BCUT2D eigenvalue weighted by Crippen LogP contribution is 2.13. The zero-order valence-electron chi connectivity index (χ0n) is 10.9. The van der Waals surface area contributed by atoms with Crippen molar-refractivity contribution >= 4 is 5.91 Å². The van der Waals surface area contributed by atoms with Gasteiger partial charge in [-0.3, -0.25) is 4.79 Å². The van der Waals surface area contributed by atoms with Crippen LogP contribution >= 0.6 is 0 Å². The van der Waals surface area contributed by atoms with Gasteiger partial charge in [0, 0.05) is 19.8 Å². The van der Waals surface area contributed by atoms with Crippen molar-refractivity contribution in [3.8, 4) is 0 Å². The lowest BCUT2D eigenvalue weighted by molar-refractivity contribution is -0.120. The molecule has 98 valence electrons. The summed E-state index contributed by atoms with van der Waals surface area (Å²) >= 11 is 0. The molecule has 1 saturated heterocycles. The molecule has 0 bridgehead atoms. The first-order chi connectivity index (χ1) is 8.74. The molecule has 1 aliphatic rings. The molecule has 3 heteroatoms. The number of rotatable bonds is 4. The maximum Gasteiger partial charge on any atom is 0.224 e. The fourth-order valence-electron chi connectivity index (χ4n) is 2.16. The van der Waals surface area contributed by atoms with Crippen LogP contribution < -0.4 is 5.32 Å². The van der Waals surface area contributed by atoms with Gasteiger partial charge in [0.15, 0.2) is 0 Å². The summed E-state index contributed by atoms with van der Waals surface area (Å²) in [6.45, 7) is 4.50. The van der Waals surface area contributed by atoms with Gasteiger partial charge in [-0.05, 0) is 31.2 Å². The number of amides is 1. The minimum atomic E-state index is 0.116. The predicted octanol–water partition coefficient (Wildman–Crippen LogP) is 2.08. The average molecular weight is 247 g/mol. The van der Waals surface area contributed by atoms with Crippen molar-refractivity contribution in [1.29, 1.82) is 0 Å². The third-order valence-corrected chi connectivity index (χ3v) is 3.41. The molecule has 0 aliphatic carbocycles. The number of benzene rings is 1. The molecule has 2 rings (SSSR count). The van der Waals surface area contributed by atoms with Crippen molar-refractivity contribution in [3.63, 3.8) is 0 Å². The van der Waals surface area contributed by atoms with Gasteiger partial charge < -0.3 is 10.1 Å². The number of hydrogen-bond donors (Lipinski definition) is 1. The van der Waals surface area contributed by atoms with Crippen molar-refractivity contribution < 1.29 is 9.53 Å². The lowest BCUT2D eigenvalue weighted by Gasteiger charge is -2.22. The molecule has 1 fully saturated rings. The Balaban J connectivity index is 1.73. The van der Waals surface area contributed by atoms with E-state index in [1.54, 1.807) is 0 Å². The van der Waals surface area contributed by atoms with E-state index in [1.807, 2.05) is 24.3 Å². The van der Waals surface area contributed by atoms with Crippen molar-refractivity contribution in [3.05, 3.63) is 35.4 Å². The van der Waals surface area contributed by atoms with E-state index in [-0.39, 0.29) is 5.91 Å². The normalized spacial score (nSPS) is 16.5. The van der Waals surface area contributed by atoms with E-state index in [0.717, 1.165) is 38.2 Å². The molecule has 0 radical (unpaired) electrons. The van der Waals surface area contributed by atoms with Crippen LogP contribution in [0.1, 0.15) is 24.0 Å². The van der Waals surface area contributed by atoms with Gasteiger partial charge >= 0.3 is 0 Å². The standard InChI is InChI=1S/C15H21NO2/c1-12-2-4-13(5-3-12)10-15(17)16-11-14-6-8-18-9-7-14/h2-5,14H,6-11H2,1H3,(H,16,17). The molecule has 3 nitrogen and oxygen atoms in total. The van der Waals surface area contributed by atoms with Gasteiger partial charge in [-0.1, -0.05) is 29.8 Å². The monoisotopic (exact) mass is 247 g/mol. The fraction of sp³-hybridized carbons (Fsp3) is 0.533. The van der Waals surface area contributed by atoms with Crippen LogP contribution in [0, 0.1) is 12.8 Å². The maximum atomic E-state index is 11.8. The molecule has 18 heavy (non-hydrogen) atoms. The van der Waals surface area contributed by atoms with E-state index in [0.29, 0.717) is 12.3 Å². The van der Waals surface area contributed by atoms with Crippen LogP contribution in [0.15, 0.2) is 24.3 Å². The summed E-state index contributed by atoms with van der Waals surface area (Å²) in [7, 11) is 0. The van der Waals surface area contributed by atoms with Gasteiger partial charge in [0.05, 0.1) is 6.42 Å². The van der Waals surface area contributed by atoms with Gasteiger partial charge in [-0.25, -0.2) is 0 Å². The highest BCUT2D eigenvalue weighted by atomic mass is 16.5. The second-order valence-corrected chi connectivity index (χ2v) is 5.02. The summed E-state index contributed by atoms with van der Waals surface area (Å²) in [5, 5.41) is 3.02. The van der Waals surface area contributed by atoms with Gasteiger partial charge in [0.1, 0.15) is 0 Å². The predicted molar refractivity (Wildman–Crippen MR) is 71.4 cm³/mol. The summed E-state index contributed by atoms with van der Waals surface area (Å²) in [5.41, 5.74) is 2.30. The first-order valence-electron chi connectivity index (χ1n) is 6.64. The van der Waals surface area contributed by atoms with Gasteiger partial charge in [-0.2, -0.15) is 0 Å². The first-order valence-corrected chi connectivity index (χ1v) is 6.64. The summed E-state index contributed by atoms with van der Waals surface area (Å²) < 4.78 is 5.30. The quantitative estimate of drug-likeness (QED) is 0.884. The minimum absolute atomic E-state index is 0.116. The average Bonchev–Trinajstić information content (AvgIpc) is 2.40. The number of aryl methyl sites for hydroxylation is 1. The van der Waals surface area contributed by atoms with Crippen LogP contribution in [0.5, 0.6) is 0 Å². The highest BCUT2D eigenvalue weighted by Gasteiger charge is 2.14. The summed E-state index contributed by atoms with van der Waals surface area (Å²) in [5.74, 6) is 0.700. The molecule has 1 aromatic carbocycles. The zero-order chi connectivity index (χ0) is 12.8. The molecular weight excluding hydrogens is 226 g/mol. The summed E-state index contributed by atoms with van der Waals surface area (Å²) in [6.07, 6.45) is 2.60. The Morgan fingerprint density at radius 1 is 1.28 bits per heavy atom. The van der Waals surface area contributed by atoms with Gasteiger partial charge in [0.2, 0.25) is 5.91 Å². The lowest BCUT2D eigenvalue weighted by Crippen LogP contribution is -2.33. The van der Waals surface area contributed by atoms with Crippen LogP contribution in [0.4, 0.5) is 0 Å². The molecule has 1 aliphatic heterocycles. The molecule has 0 aromatic heterocycles. The topological polar surface area (TPSA) is 38.3 Å². The van der Waals surface area contributed by atoms with Crippen molar-refractivity contribution in [2.24, 2.45) is 5.92 Å². The van der Waals surface area contributed by atoms with Crippen LogP contribution in [-0.2, 0) is 16.0 Å². The lowest BCUT2D eigenvalue weighted by atomic mass is 10.0. The number of nitrogens with one attached hydrogen (secondary N) is 1. The molecule has 0 saturated carbocycles. The third kappa shape index (κ3) is 4.15. The first kappa shape index (κ1) is 13.1. The molecular formula is C15H21NO2. The van der Waals surface area contributed by atoms with E-state index in [1.165, 1.54) is 5.56 Å². The fourth-order valence-corrected chi connectivity index (χ4v) is 2.16. The smallest absolute Gasteiger partial charge is 0.224 e. The summed E-state index contributed by atoms with van der Waals surface area (Å²) in [4.78, 5) is 11.8. The van der Waals surface area contributed by atoms with Crippen LogP contribution in [0.2, 0.25) is 0 Å². The van der Waals surface area contributed by atoms with E-state index >= 15 is 0 Å². The van der Waals surface area contributed by atoms with Crippen molar-refractivity contribution in [2.45, 2.75) is 26.2 Å². The van der Waals surface area contributed by atoms with Crippen LogP contribution in [-0.4, -0.2) is 25.7 Å². The second-order valence-electron chi connectivity index (χ2n) is 5.02. The van der Waals surface area contributed by atoms with Crippen molar-refractivity contribution in [1.82, 2.24) is 5.32 Å². The summed E-state index contributed by atoms with van der Waals surface area (Å²) in [6, 6.07) is 8.12. The number of carbonyl (C=O) groups excluding carboxylic acids is 1. The minimum Gasteiger partial charge on any atom is -0.381 e. The van der Waals surface area contributed by atoms with Crippen molar-refractivity contribution in [2.75, 3.05) is 19.8 Å². The molecule has 1 aromatic rings. The Hall–Kier alpha value is -1.35. The molecule has 0 atom stereocenters. The van der Waals surface area contributed by atoms with E-state index in [4.69, 9.17) is 4.74 Å². The molecule has 0 unspecified atom stereocenters. The largest absolute Gasteiger partial charge is 0.381 e. The highest BCUT2D eigenvalue weighted by molar-refractivity contribution is 5.78. The van der Waals surface area contributed by atoms with Crippen LogP contribution in [0.25, 0.3) is 0 Å². The SMILES string of the molecule is Cc1ccc(CC(=O)NCC2CCOCC2)cc1. The Labute approximate surface area is 109 Å². The maximum absolute atomic E-state index is 11.8. The number of hydrogen-bond acceptors (Lipinski definition) is 2. The van der Waals surface area contributed by atoms with Crippen LogP contribution in [0.3, 0.4) is 0 Å². The number of carbonyl (C=O) groups is 1. The Morgan fingerprint density at radius 3 is 2.61 bits per heavy atom.